The van der Waals surface area contributed by atoms with Gasteiger partial charge in [0, 0.05) is 42.8 Å². The number of methoxy groups -OCH3 is 1. The molecule has 0 aromatic carbocycles. The third-order valence-electron chi connectivity index (χ3n) is 4.70. The van der Waals surface area contributed by atoms with Gasteiger partial charge < -0.3 is 18.6 Å². The van der Waals surface area contributed by atoms with Gasteiger partial charge in [-0.15, -0.1) is 11.3 Å². The normalized spacial score (nSPS) is 15.3. The lowest BCUT2D eigenvalue weighted by molar-refractivity contribution is 0.0672. The Hall–Kier alpha value is -2.61. The summed E-state index contributed by atoms with van der Waals surface area (Å²) in [6, 6.07) is 3.32. The summed E-state index contributed by atoms with van der Waals surface area (Å²) in [6.07, 6.45) is 5.62. The number of furan rings is 1. The van der Waals surface area contributed by atoms with Crippen molar-refractivity contribution in [2.24, 2.45) is 0 Å². The van der Waals surface area contributed by atoms with Gasteiger partial charge >= 0.3 is 0 Å². The molecule has 0 atom stereocenters. The molecule has 4 rings (SSSR count). The number of nitrogens with zero attached hydrogens (tertiary/aromatic N) is 4. The van der Waals surface area contributed by atoms with Crippen LogP contribution in [0.5, 0.6) is 5.95 Å². The molecule has 0 bridgehead atoms. The third-order valence-corrected chi connectivity index (χ3v) is 5.34. The van der Waals surface area contributed by atoms with Gasteiger partial charge in [-0.2, -0.15) is 0 Å². The van der Waals surface area contributed by atoms with Gasteiger partial charge in [0.25, 0.3) is 11.9 Å². The Kier molecular flexibility index (Phi) is 4.75. The summed E-state index contributed by atoms with van der Waals surface area (Å²) in [5, 5.41) is 2.06. The summed E-state index contributed by atoms with van der Waals surface area (Å²) in [5.41, 5.74) is 2.90. The van der Waals surface area contributed by atoms with Crippen molar-refractivity contribution in [3.63, 3.8) is 0 Å². The number of amides is 1. The van der Waals surface area contributed by atoms with E-state index in [1.165, 1.54) is 7.11 Å². The average Bonchev–Trinajstić information content (AvgIpc) is 3.43. The minimum absolute atomic E-state index is 0.0856. The van der Waals surface area contributed by atoms with Crippen molar-refractivity contribution in [3.05, 3.63) is 52.7 Å². The van der Waals surface area contributed by atoms with Crippen LogP contribution < -0.4 is 4.74 Å². The van der Waals surface area contributed by atoms with Crippen molar-refractivity contribution in [3.8, 4) is 5.95 Å². The highest BCUT2D eigenvalue weighted by Crippen LogP contribution is 2.28. The van der Waals surface area contributed by atoms with Gasteiger partial charge in [-0.25, -0.2) is 9.97 Å². The van der Waals surface area contributed by atoms with Gasteiger partial charge in [-0.05, 0) is 18.9 Å². The Labute approximate surface area is 155 Å². The highest BCUT2D eigenvalue weighted by atomic mass is 32.1. The molecule has 0 unspecified atom stereocenters. The number of ether oxygens (including phenoxy) is 1. The van der Waals surface area contributed by atoms with Crippen LogP contribution >= 0.6 is 11.3 Å². The lowest BCUT2D eigenvalue weighted by atomic mass is 9.95. The van der Waals surface area contributed by atoms with Crippen LogP contribution in [0.1, 0.15) is 40.8 Å². The van der Waals surface area contributed by atoms with Crippen molar-refractivity contribution in [1.29, 1.82) is 0 Å². The highest BCUT2D eigenvalue weighted by molar-refractivity contribution is 7.07. The van der Waals surface area contributed by atoms with Crippen molar-refractivity contribution < 1.29 is 13.9 Å². The molecule has 1 saturated heterocycles. The molecule has 0 spiro atoms. The van der Waals surface area contributed by atoms with E-state index in [1.807, 2.05) is 22.8 Å². The van der Waals surface area contributed by atoms with Gasteiger partial charge in [-0.1, -0.05) is 0 Å². The number of aromatic nitrogens is 3. The molecule has 0 radical (unpaired) electrons. The van der Waals surface area contributed by atoms with E-state index in [9.17, 15) is 4.79 Å². The Morgan fingerprint density at radius 3 is 2.88 bits per heavy atom. The second kappa shape index (κ2) is 7.33. The number of hydrogen-bond donors (Lipinski definition) is 0. The zero-order valence-electron chi connectivity index (χ0n) is 14.5. The monoisotopic (exact) mass is 372 g/mol. The number of rotatable bonds is 5. The quantitative estimate of drug-likeness (QED) is 0.688. The molecule has 3 aromatic rings. The van der Waals surface area contributed by atoms with Crippen molar-refractivity contribution in [1.82, 2.24) is 19.4 Å². The van der Waals surface area contributed by atoms with E-state index in [-0.39, 0.29) is 5.91 Å². The number of hydrogen-bond acceptors (Lipinski definition) is 6. The Bertz CT molecular complexity index is 863. The van der Waals surface area contributed by atoms with E-state index in [0.29, 0.717) is 30.7 Å². The Balaban J connectivity index is 1.39. The number of likely N-dealkylation sites (tertiary alicyclic amines) is 1. The molecular weight excluding hydrogens is 352 g/mol. The summed E-state index contributed by atoms with van der Waals surface area (Å²) >= 11 is 1.60. The standard InChI is InChI=1S/C18H20N4O3S/c1-24-16-3-2-15(25-16)18(23)21-7-4-13(5-8-21)17-19-6-9-22(17)10-14-11-26-12-20-14/h2-3,6,9,11-13H,4-5,7-8,10H2,1H3. The van der Waals surface area contributed by atoms with Gasteiger partial charge in [0.1, 0.15) is 5.82 Å². The topological polar surface area (TPSA) is 73.4 Å². The molecule has 0 N–H and O–H groups in total. The number of thiazole rings is 1. The van der Waals surface area contributed by atoms with Crippen LogP contribution in [0, 0.1) is 0 Å². The maximum atomic E-state index is 12.5. The van der Waals surface area contributed by atoms with Crippen molar-refractivity contribution >= 4 is 17.2 Å². The zero-order chi connectivity index (χ0) is 17.9. The molecule has 4 heterocycles. The second-order valence-electron chi connectivity index (χ2n) is 6.28. The Morgan fingerprint density at radius 2 is 2.19 bits per heavy atom. The first kappa shape index (κ1) is 16.8. The molecule has 26 heavy (non-hydrogen) atoms. The lowest BCUT2D eigenvalue weighted by Crippen LogP contribution is -2.38. The summed E-state index contributed by atoms with van der Waals surface area (Å²) in [6.45, 7) is 2.12. The SMILES string of the molecule is COc1ccc(C(=O)N2CCC(c3nccn3Cc3cscn3)CC2)o1. The lowest BCUT2D eigenvalue weighted by Gasteiger charge is -2.31. The van der Waals surface area contributed by atoms with E-state index < -0.39 is 0 Å². The molecule has 8 heteroatoms. The number of piperidine rings is 1. The molecule has 3 aromatic heterocycles. The summed E-state index contributed by atoms with van der Waals surface area (Å²) in [7, 11) is 1.52. The smallest absolute Gasteiger partial charge is 0.289 e. The summed E-state index contributed by atoms with van der Waals surface area (Å²) in [4.78, 5) is 23.3. The average molecular weight is 372 g/mol. The van der Waals surface area contributed by atoms with Crippen LogP contribution in [0.4, 0.5) is 0 Å². The van der Waals surface area contributed by atoms with E-state index in [2.05, 4.69) is 19.9 Å². The van der Waals surface area contributed by atoms with E-state index in [0.717, 1.165) is 30.9 Å². The first-order chi connectivity index (χ1) is 12.7. The van der Waals surface area contributed by atoms with E-state index in [1.54, 1.807) is 23.5 Å². The first-order valence-corrected chi connectivity index (χ1v) is 9.50. The fourth-order valence-electron chi connectivity index (χ4n) is 3.35. The van der Waals surface area contributed by atoms with Crippen LogP contribution in [0.15, 0.2) is 39.8 Å². The van der Waals surface area contributed by atoms with Gasteiger partial charge in [-0.3, -0.25) is 4.79 Å². The van der Waals surface area contributed by atoms with Gasteiger partial charge in [0.05, 0.1) is 24.9 Å². The third kappa shape index (κ3) is 3.37. The minimum Gasteiger partial charge on any atom is -0.468 e. The maximum Gasteiger partial charge on any atom is 0.289 e. The van der Waals surface area contributed by atoms with Gasteiger partial charge in [0.15, 0.2) is 5.76 Å². The van der Waals surface area contributed by atoms with Crippen LogP contribution in [0.25, 0.3) is 0 Å². The van der Waals surface area contributed by atoms with Gasteiger partial charge in [0.2, 0.25) is 0 Å². The molecule has 1 aliphatic heterocycles. The predicted molar refractivity (Wildman–Crippen MR) is 96.6 cm³/mol. The van der Waals surface area contributed by atoms with Crippen LogP contribution in [-0.2, 0) is 6.54 Å². The van der Waals surface area contributed by atoms with Crippen LogP contribution in [0.3, 0.4) is 0 Å². The predicted octanol–water partition coefficient (Wildman–Crippen LogP) is 3.01. The van der Waals surface area contributed by atoms with Crippen molar-refractivity contribution in [2.75, 3.05) is 20.2 Å². The molecule has 0 saturated carbocycles. The first-order valence-electron chi connectivity index (χ1n) is 8.56. The molecule has 7 nitrogen and oxygen atoms in total. The van der Waals surface area contributed by atoms with Crippen molar-refractivity contribution in [2.45, 2.75) is 25.3 Å². The highest BCUT2D eigenvalue weighted by Gasteiger charge is 2.28. The molecule has 1 amide bonds. The molecule has 0 aliphatic carbocycles. The zero-order valence-corrected chi connectivity index (χ0v) is 15.3. The molecule has 1 fully saturated rings. The summed E-state index contributed by atoms with van der Waals surface area (Å²) in [5.74, 6) is 2.01. The van der Waals surface area contributed by atoms with E-state index >= 15 is 0 Å². The van der Waals surface area contributed by atoms with E-state index in [4.69, 9.17) is 9.15 Å². The molecule has 136 valence electrons. The molecular formula is C18H20N4O3S. The maximum absolute atomic E-state index is 12.5. The minimum atomic E-state index is -0.0856. The molecule has 1 aliphatic rings. The fraction of sp³-hybridized carbons (Fsp3) is 0.389. The number of carbonyl (C=O) groups is 1. The summed E-state index contributed by atoms with van der Waals surface area (Å²) < 4.78 is 12.6. The largest absolute Gasteiger partial charge is 0.468 e. The second-order valence-corrected chi connectivity index (χ2v) is 7.00. The Morgan fingerprint density at radius 1 is 1.35 bits per heavy atom. The van der Waals surface area contributed by atoms with Crippen LogP contribution in [0.2, 0.25) is 0 Å². The van der Waals surface area contributed by atoms with Crippen LogP contribution in [-0.4, -0.2) is 45.5 Å². The number of carbonyl (C=O) groups excluding carboxylic acids is 1. The number of imidazole rings is 1. The fourth-order valence-corrected chi connectivity index (χ4v) is 3.90.